The van der Waals surface area contributed by atoms with E-state index >= 15 is 0 Å². The maximum Gasteiger partial charge on any atom is 0.328 e. The fourth-order valence-corrected chi connectivity index (χ4v) is 1.19. The van der Waals surface area contributed by atoms with Crippen LogP contribution in [-0.2, 0) is 7.05 Å². The normalized spacial score (nSPS) is 10.5. The van der Waals surface area contributed by atoms with E-state index in [1.54, 1.807) is 18.2 Å². The van der Waals surface area contributed by atoms with Gasteiger partial charge < -0.3 is 4.98 Å². The first-order chi connectivity index (χ1) is 6.20. The Bertz CT molecular complexity index is 566. The summed E-state index contributed by atoms with van der Waals surface area (Å²) in [6.07, 6.45) is 0. The lowest BCUT2D eigenvalue weighted by molar-refractivity contribution is 0.794. The number of hydrogen-bond donors (Lipinski definition) is 1. The van der Waals surface area contributed by atoms with Gasteiger partial charge in [0.15, 0.2) is 0 Å². The maximum absolute atomic E-state index is 11.5. The minimum atomic E-state index is -0.399. The maximum atomic E-state index is 11.5. The summed E-state index contributed by atoms with van der Waals surface area (Å²) in [6, 6.07) is 7.65. The molecule has 65 valence electrons. The van der Waals surface area contributed by atoms with Crippen LogP contribution in [0.3, 0.4) is 0 Å². The molecule has 0 amide bonds. The van der Waals surface area contributed by atoms with Gasteiger partial charge in [-0.2, -0.15) is 0 Å². The summed E-state index contributed by atoms with van der Waals surface area (Å²) < 4.78 is 1.04. The van der Waals surface area contributed by atoms with Crippen LogP contribution in [-0.4, -0.2) is 9.55 Å². The zero-order valence-electron chi connectivity index (χ0n) is 7.00. The van der Waals surface area contributed by atoms with E-state index in [-0.39, 0.29) is 5.56 Å². The standard InChI is InChI=1S/C9H7N2O2/c1-11-8(12)6-4-2-3-5-7(6)10-9(11)13/h3-5H,1H3,(H,10,13). The van der Waals surface area contributed by atoms with E-state index in [9.17, 15) is 9.59 Å². The molecule has 0 fully saturated rings. The lowest BCUT2D eigenvalue weighted by Gasteiger charge is -1.98. The molecule has 2 aromatic rings. The van der Waals surface area contributed by atoms with Crippen LogP contribution >= 0.6 is 0 Å². The molecule has 0 unspecified atom stereocenters. The molecule has 0 spiro atoms. The molecule has 1 heterocycles. The van der Waals surface area contributed by atoms with Crippen molar-refractivity contribution in [3.8, 4) is 0 Å². The molecule has 0 aliphatic rings. The molecule has 0 saturated heterocycles. The zero-order chi connectivity index (χ0) is 9.42. The first-order valence-electron chi connectivity index (χ1n) is 3.79. The van der Waals surface area contributed by atoms with Gasteiger partial charge in [-0.05, 0) is 18.2 Å². The number of aromatic nitrogens is 2. The second-order valence-corrected chi connectivity index (χ2v) is 2.77. The molecule has 1 radical (unpaired) electrons. The summed E-state index contributed by atoms with van der Waals surface area (Å²) in [5.74, 6) is 0. The third-order valence-corrected chi connectivity index (χ3v) is 1.95. The highest BCUT2D eigenvalue weighted by Crippen LogP contribution is 2.01. The fraction of sp³-hybridized carbons (Fsp3) is 0.111. The van der Waals surface area contributed by atoms with E-state index in [2.05, 4.69) is 11.1 Å². The highest BCUT2D eigenvalue weighted by Gasteiger charge is 2.01. The highest BCUT2D eigenvalue weighted by molar-refractivity contribution is 5.76. The van der Waals surface area contributed by atoms with Crippen LogP contribution in [0.15, 0.2) is 27.8 Å². The molecule has 1 aromatic carbocycles. The predicted molar refractivity (Wildman–Crippen MR) is 48.6 cm³/mol. The van der Waals surface area contributed by atoms with Gasteiger partial charge in [-0.3, -0.25) is 9.36 Å². The molecule has 4 heteroatoms. The van der Waals surface area contributed by atoms with Crippen molar-refractivity contribution in [1.29, 1.82) is 0 Å². The third-order valence-electron chi connectivity index (χ3n) is 1.95. The lowest BCUT2D eigenvalue weighted by Crippen LogP contribution is -2.32. The molecule has 0 aliphatic carbocycles. The SMILES string of the molecule is Cn1c(=O)[nH]c2cc[c]cc2c1=O. The van der Waals surface area contributed by atoms with Crippen molar-refractivity contribution in [1.82, 2.24) is 9.55 Å². The fourth-order valence-electron chi connectivity index (χ4n) is 1.19. The van der Waals surface area contributed by atoms with Crippen molar-refractivity contribution < 1.29 is 0 Å². The molecular formula is C9H7N2O2. The van der Waals surface area contributed by atoms with E-state index in [1.165, 1.54) is 7.05 Å². The van der Waals surface area contributed by atoms with Gasteiger partial charge in [0, 0.05) is 7.05 Å². The number of H-pyrrole nitrogens is 1. The Morgan fingerprint density at radius 1 is 1.46 bits per heavy atom. The number of fused-ring (bicyclic) bond motifs is 1. The second kappa shape index (κ2) is 2.58. The van der Waals surface area contributed by atoms with Gasteiger partial charge in [0.25, 0.3) is 5.56 Å². The molecule has 4 nitrogen and oxygen atoms in total. The summed E-state index contributed by atoms with van der Waals surface area (Å²) in [7, 11) is 1.44. The van der Waals surface area contributed by atoms with Crippen molar-refractivity contribution in [3.05, 3.63) is 45.1 Å². The van der Waals surface area contributed by atoms with Gasteiger partial charge in [-0.1, -0.05) is 6.07 Å². The van der Waals surface area contributed by atoms with Gasteiger partial charge in [-0.15, -0.1) is 0 Å². The number of benzene rings is 1. The van der Waals surface area contributed by atoms with Crippen molar-refractivity contribution in [2.75, 3.05) is 0 Å². The molecule has 0 saturated carbocycles. The van der Waals surface area contributed by atoms with Gasteiger partial charge in [0.2, 0.25) is 0 Å². The molecule has 0 aliphatic heterocycles. The topological polar surface area (TPSA) is 54.9 Å². The Hall–Kier alpha value is -1.84. The number of nitrogens with one attached hydrogen (secondary N) is 1. The largest absolute Gasteiger partial charge is 0.328 e. The van der Waals surface area contributed by atoms with Gasteiger partial charge in [0.05, 0.1) is 10.9 Å². The van der Waals surface area contributed by atoms with Crippen LogP contribution in [0.2, 0.25) is 0 Å². The minimum absolute atomic E-state index is 0.296. The Kier molecular flexibility index (Phi) is 1.55. The van der Waals surface area contributed by atoms with E-state index in [0.717, 1.165) is 4.57 Å². The number of nitrogens with zero attached hydrogens (tertiary/aromatic N) is 1. The average molecular weight is 175 g/mol. The van der Waals surface area contributed by atoms with Crippen LogP contribution in [0.1, 0.15) is 0 Å². The molecule has 0 bridgehead atoms. The lowest BCUT2D eigenvalue weighted by atomic mass is 10.2. The monoisotopic (exact) mass is 175 g/mol. The Labute approximate surface area is 73.5 Å². The molecule has 1 aromatic heterocycles. The Morgan fingerprint density at radius 2 is 2.23 bits per heavy atom. The van der Waals surface area contributed by atoms with Crippen LogP contribution in [0.4, 0.5) is 0 Å². The van der Waals surface area contributed by atoms with Crippen molar-refractivity contribution >= 4 is 10.9 Å². The third kappa shape index (κ3) is 1.07. The quantitative estimate of drug-likeness (QED) is 0.614. The first-order valence-corrected chi connectivity index (χ1v) is 3.79. The summed E-state index contributed by atoms with van der Waals surface area (Å²) >= 11 is 0. The van der Waals surface area contributed by atoms with Crippen molar-refractivity contribution in [2.24, 2.45) is 7.05 Å². The number of aromatic amines is 1. The summed E-state index contributed by atoms with van der Waals surface area (Å²) in [6.45, 7) is 0. The number of rotatable bonds is 0. The van der Waals surface area contributed by atoms with Gasteiger partial charge >= 0.3 is 5.69 Å². The van der Waals surface area contributed by atoms with Gasteiger partial charge in [-0.25, -0.2) is 4.79 Å². The minimum Gasteiger partial charge on any atom is -0.307 e. The van der Waals surface area contributed by atoms with Crippen LogP contribution in [0, 0.1) is 6.07 Å². The molecular weight excluding hydrogens is 168 g/mol. The molecule has 2 rings (SSSR count). The summed E-state index contributed by atoms with van der Waals surface area (Å²) in [4.78, 5) is 25.2. The summed E-state index contributed by atoms with van der Waals surface area (Å²) in [5, 5.41) is 0.476. The van der Waals surface area contributed by atoms with Crippen LogP contribution in [0.5, 0.6) is 0 Å². The predicted octanol–water partition coefficient (Wildman–Crippen LogP) is 0.0270. The summed E-state index contributed by atoms with van der Waals surface area (Å²) in [5.41, 5.74) is -0.147. The van der Waals surface area contributed by atoms with Gasteiger partial charge in [0.1, 0.15) is 0 Å². The average Bonchev–Trinajstić information content (AvgIpc) is 2.15. The van der Waals surface area contributed by atoms with Crippen LogP contribution in [0.25, 0.3) is 10.9 Å². The Morgan fingerprint density at radius 3 is 3.00 bits per heavy atom. The second-order valence-electron chi connectivity index (χ2n) is 2.77. The van der Waals surface area contributed by atoms with E-state index in [1.807, 2.05) is 0 Å². The molecule has 1 N–H and O–H groups in total. The van der Waals surface area contributed by atoms with E-state index < -0.39 is 5.69 Å². The Balaban J connectivity index is 3.12. The molecule has 13 heavy (non-hydrogen) atoms. The van der Waals surface area contributed by atoms with E-state index in [0.29, 0.717) is 10.9 Å². The first kappa shape index (κ1) is 7.79. The van der Waals surface area contributed by atoms with E-state index in [4.69, 9.17) is 0 Å². The molecule has 0 atom stereocenters. The van der Waals surface area contributed by atoms with Crippen molar-refractivity contribution in [2.45, 2.75) is 0 Å². The highest BCUT2D eigenvalue weighted by atomic mass is 16.2. The smallest absolute Gasteiger partial charge is 0.307 e. The zero-order valence-corrected chi connectivity index (χ0v) is 7.00. The van der Waals surface area contributed by atoms with Crippen molar-refractivity contribution in [3.63, 3.8) is 0 Å². The van der Waals surface area contributed by atoms with Crippen LogP contribution < -0.4 is 11.2 Å². The number of hydrogen-bond acceptors (Lipinski definition) is 2.